The molecule has 1 heterocycles. The van der Waals surface area contributed by atoms with E-state index in [1.807, 2.05) is 12.2 Å². The summed E-state index contributed by atoms with van der Waals surface area (Å²) in [5.41, 5.74) is 7.44. The molecule has 80 valence electrons. The molecule has 3 N–H and O–H groups in total. The van der Waals surface area contributed by atoms with E-state index in [0.29, 0.717) is 13.0 Å². The van der Waals surface area contributed by atoms with Crippen molar-refractivity contribution in [1.29, 1.82) is 0 Å². The van der Waals surface area contributed by atoms with E-state index in [1.165, 1.54) is 11.3 Å². The van der Waals surface area contributed by atoms with Crippen molar-refractivity contribution in [2.75, 3.05) is 0 Å². The summed E-state index contributed by atoms with van der Waals surface area (Å²) >= 11 is 1.54. The first-order valence-electron chi connectivity index (χ1n) is 4.84. The van der Waals surface area contributed by atoms with E-state index in [4.69, 9.17) is 5.73 Å². The summed E-state index contributed by atoms with van der Waals surface area (Å²) in [6.45, 7) is 0.559. The Morgan fingerprint density at radius 3 is 3.13 bits per heavy atom. The van der Waals surface area contributed by atoms with Crippen molar-refractivity contribution in [3.05, 3.63) is 28.7 Å². The van der Waals surface area contributed by atoms with Crippen LogP contribution in [0.1, 0.15) is 11.3 Å². The lowest BCUT2D eigenvalue weighted by Gasteiger charge is -2.09. The van der Waals surface area contributed by atoms with Gasteiger partial charge < -0.3 is 11.1 Å². The number of aromatic nitrogens is 1. The number of nitrogens with two attached hydrogens (primary N) is 1. The summed E-state index contributed by atoms with van der Waals surface area (Å²) < 4.78 is 0. The SMILES string of the molecule is NC1C=CC(C(=O)NCc2cncs2)C1. The molecule has 2 rings (SSSR count). The van der Waals surface area contributed by atoms with E-state index < -0.39 is 0 Å². The van der Waals surface area contributed by atoms with Crippen LogP contribution in [0.3, 0.4) is 0 Å². The molecule has 15 heavy (non-hydrogen) atoms. The second-order valence-electron chi connectivity index (χ2n) is 3.58. The number of hydrogen-bond donors (Lipinski definition) is 2. The molecule has 2 unspecified atom stereocenters. The summed E-state index contributed by atoms with van der Waals surface area (Å²) in [7, 11) is 0. The van der Waals surface area contributed by atoms with Crippen LogP contribution in [-0.2, 0) is 11.3 Å². The zero-order chi connectivity index (χ0) is 10.7. The maximum atomic E-state index is 11.7. The molecule has 0 saturated carbocycles. The quantitative estimate of drug-likeness (QED) is 0.740. The van der Waals surface area contributed by atoms with Crippen molar-refractivity contribution >= 4 is 17.2 Å². The first-order valence-corrected chi connectivity index (χ1v) is 5.72. The highest BCUT2D eigenvalue weighted by molar-refractivity contribution is 7.09. The van der Waals surface area contributed by atoms with Crippen LogP contribution in [0.15, 0.2) is 23.9 Å². The molecule has 0 bridgehead atoms. The topological polar surface area (TPSA) is 68.0 Å². The normalized spacial score (nSPS) is 24.3. The van der Waals surface area contributed by atoms with Crippen molar-refractivity contribution in [3.8, 4) is 0 Å². The molecule has 0 aliphatic heterocycles. The Kier molecular flexibility index (Phi) is 3.13. The van der Waals surface area contributed by atoms with Crippen molar-refractivity contribution in [2.45, 2.75) is 19.0 Å². The third-order valence-corrected chi connectivity index (χ3v) is 3.15. The average molecular weight is 223 g/mol. The molecule has 0 fully saturated rings. The summed E-state index contributed by atoms with van der Waals surface area (Å²) in [6, 6.07) is 0.0316. The predicted octanol–water partition coefficient (Wildman–Crippen LogP) is 0.663. The number of nitrogens with zero attached hydrogens (tertiary/aromatic N) is 1. The van der Waals surface area contributed by atoms with Gasteiger partial charge in [-0.3, -0.25) is 9.78 Å². The van der Waals surface area contributed by atoms with Gasteiger partial charge in [-0.2, -0.15) is 0 Å². The van der Waals surface area contributed by atoms with Gasteiger partial charge in [-0.25, -0.2) is 0 Å². The number of amides is 1. The molecule has 1 aliphatic carbocycles. The minimum Gasteiger partial charge on any atom is -0.351 e. The standard InChI is InChI=1S/C10H13N3OS/c11-8-2-1-7(3-8)10(14)13-5-9-4-12-6-15-9/h1-2,4,6-8H,3,5,11H2,(H,13,14). The number of hydrogen-bond acceptors (Lipinski definition) is 4. The van der Waals surface area contributed by atoms with E-state index in [9.17, 15) is 4.79 Å². The van der Waals surface area contributed by atoms with Gasteiger partial charge in [0.25, 0.3) is 0 Å². The van der Waals surface area contributed by atoms with E-state index in [-0.39, 0.29) is 17.9 Å². The van der Waals surface area contributed by atoms with Gasteiger partial charge in [-0.05, 0) is 6.42 Å². The zero-order valence-electron chi connectivity index (χ0n) is 8.22. The Morgan fingerprint density at radius 2 is 2.53 bits per heavy atom. The molecule has 0 spiro atoms. The highest BCUT2D eigenvalue weighted by Crippen LogP contribution is 2.16. The fourth-order valence-corrected chi connectivity index (χ4v) is 2.09. The van der Waals surface area contributed by atoms with Gasteiger partial charge in [0, 0.05) is 17.1 Å². The van der Waals surface area contributed by atoms with Crippen molar-refractivity contribution in [3.63, 3.8) is 0 Å². The van der Waals surface area contributed by atoms with Gasteiger partial charge in [0.15, 0.2) is 0 Å². The van der Waals surface area contributed by atoms with E-state index >= 15 is 0 Å². The molecule has 1 aromatic heterocycles. The maximum absolute atomic E-state index is 11.7. The van der Waals surface area contributed by atoms with Crippen LogP contribution in [0.5, 0.6) is 0 Å². The van der Waals surface area contributed by atoms with Crippen LogP contribution in [0.4, 0.5) is 0 Å². The Morgan fingerprint density at radius 1 is 1.67 bits per heavy atom. The summed E-state index contributed by atoms with van der Waals surface area (Å²) in [4.78, 5) is 16.7. The Hall–Kier alpha value is -1.20. The average Bonchev–Trinajstić information content (AvgIpc) is 2.84. The fourth-order valence-electron chi connectivity index (χ4n) is 1.56. The van der Waals surface area contributed by atoms with Crippen molar-refractivity contribution in [1.82, 2.24) is 10.3 Å². The molecular weight excluding hydrogens is 210 g/mol. The van der Waals surface area contributed by atoms with Crippen molar-refractivity contribution < 1.29 is 4.79 Å². The van der Waals surface area contributed by atoms with Gasteiger partial charge in [0.1, 0.15) is 0 Å². The smallest absolute Gasteiger partial charge is 0.227 e. The second kappa shape index (κ2) is 4.55. The molecule has 0 aromatic carbocycles. The van der Waals surface area contributed by atoms with Gasteiger partial charge in [-0.1, -0.05) is 12.2 Å². The Labute approximate surface area is 92.2 Å². The van der Waals surface area contributed by atoms with E-state index in [2.05, 4.69) is 10.3 Å². The molecular formula is C10H13N3OS. The third-order valence-electron chi connectivity index (χ3n) is 2.37. The molecule has 5 heteroatoms. The van der Waals surface area contributed by atoms with Crippen LogP contribution >= 0.6 is 11.3 Å². The summed E-state index contributed by atoms with van der Waals surface area (Å²) in [5, 5.41) is 2.87. The summed E-state index contributed by atoms with van der Waals surface area (Å²) in [6.07, 6.45) is 6.25. The molecule has 0 radical (unpaired) electrons. The third kappa shape index (κ3) is 2.64. The zero-order valence-corrected chi connectivity index (χ0v) is 9.04. The molecule has 1 aliphatic rings. The van der Waals surface area contributed by atoms with Crippen LogP contribution in [0.2, 0.25) is 0 Å². The molecule has 1 aromatic rings. The lowest BCUT2D eigenvalue weighted by atomic mass is 10.1. The fraction of sp³-hybridized carbons (Fsp3) is 0.400. The van der Waals surface area contributed by atoms with Crippen LogP contribution in [0.25, 0.3) is 0 Å². The van der Waals surface area contributed by atoms with Gasteiger partial charge in [0.05, 0.1) is 18.0 Å². The maximum Gasteiger partial charge on any atom is 0.227 e. The number of thiazole rings is 1. The van der Waals surface area contributed by atoms with E-state index in [0.717, 1.165) is 4.88 Å². The minimum absolute atomic E-state index is 0.0316. The number of carbonyl (C=O) groups excluding carboxylic acids is 1. The molecule has 1 amide bonds. The Bertz CT molecular complexity index is 361. The monoisotopic (exact) mass is 223 g/mol. The van der Waals surface area contributed by atoms with Crippen LogP contribution in [-0.4, -0.2) is 16.9 Å². The number of rotatable bonds is 3. The van der Waals surface area contributed by atoms with Crippen LogP contribution < -0.4 is 11.1 Å². The predicted molar refractivity (Wildman–Crippen MR) is 59.2 cm³/mol. The minimum atomic E-state index is -0.0621. The van der Waals surface area contributed by atoms with Gasteiger partial charge in [0.2, 0.25) is 5.91 Å². The highest BCUT2D eigenvalue weighted by atomic mass is 32.1. The van der Waals surface area contributed by atoms with Gasteiger partial charge >= 0.3 is 0 Å². The molecule has 4 nitrogen and oxygen atoms in total. The van der Waals surface area contributed by atoms with Crippen LogP contribution in [0, 0.1) is 5.92 Å². The highest BCUT2D eigenvalue weighted by Gasteiger charge is 2.22. The lowest BCUT2D eigenvalue weighted by Crippen LogP contribution is -2.30. The van der Waals surface area contributed by atoms with E-state index in [1.54, 1.807) is 11.7 Å². The number of nitrogens with one attached hydrogen (secondary N) is 1. The first-order chi connectivity index (χ1) is 7.25. The number of carbonyl (C=O) groups is 1. The van der Waals surface area contributed by atoms with Crippen molar-refractivity contribution in [2.24, 2.45) is 11.7 Å². The lowest BCUT2D eigenvalue weighted by molar-refractivity contribution is -0.123. The largest absolute Gasteiger partial charge is 0.351 e. The molecule has 0 saturated heterocycles. The second-order valence-corrected chi connectivity index (χ2v) is 4.55. The summed E-state index contributed by atoms with van der Waals surface area (Å²) in [5.74, 6) is -0.0134. The van der Waals surface area contributed by atoms with Gasteiger partial charge in [-0.15, -0.1) is 11.3 Å². The Balaban J connectivity index is 1.81. The first kappa shape index (κ1) is 10.3. The molecule has 2 atom stereocenters.